The number of aryl methyl sites for hydroxylation is 2. The molecule has 1 amide bonds. The van der Waals surface area contributed by atoms with Gasteiger partial charge in [0, 0.05) is 22.8 Å². The summed E-state index contributed by atoms with van der Waals surface area (Å²) in [6.07, 6.45) is 0. The van der Waals surface area contributed by atoms with Crippen LogP contribution in [0.5, 0.6) is 11.5 Å². The average molecular weight is 422 g/mol. The van der Waals surface area contributed by atoms with Crippen LogP contribution in [0.1, 0.15) is 18.1 Å². The molecule has 0 fully saturated rings. The zero-order chi connectivity index (χ0) is 18.9. The minimum absolute atomic E-state index is 0.0568. The van der Waals surface area contributed by atoms with Gasteiger partial charge in [-0.3, -0.25) is 4.79 Å². The molecule has 0 aliphatic heterocycles. The zero-order valence-corrected chi connectivity index (χ0v) is 16.9. The molecule has 0 radical (unpaired) electrons. The predicted octanol–water partition coefficient (Wildman–Crippen LogP) is 4.50. The molecule has 5 nitrogen and oxygen atoms in total. The number of benzene rings is 2. The van der Waals surface area contributed by atoms with Crippen LogP contribution in [-0.2, 0) is 9.53 Å². The highest BCUT2D eigenvalue weighted by Gasteiger charge is 2.09. The number of amides is 1. The first-order valence-electron chi connectivity index (χ1n) is 8.49. The molecule has 2 aromatic carbocycles. The van der Waals surface area contributed by atoms with Gasteiger partial charge in [-0.05, 0) is 56.2 Å². The fourth-order valence-corrected chi connectivity index (χ4v) is 3.17. The summed E-state index contributed by atoms with van der Waals surface area (Å²) in [4.78, 5) is 12.2. The molecule has 140 valence electrons. The van der Waals surface area contributed by atoms with E-state index in [4.69, 9.17) is 14.2 Å². The number of nitrogens with one attached hydrogen (secondary N) is 1. The normalized spacial score (nSPS) is 10.5. The molecule has 0 heterocycles. The summed E-state index contributed by atoms with van der Waals surface area (Å²) in [7, 11) is 0. The van der Waals surface area contributed by atoms with Crippen molar-refractivity contribution in [1.82, 2.24) is 0 Å². The van der Waals surface area contributed by atoms with Crippen molar-refractivity contribution in [2.45, 2.75) is 20.8 Å². The molecule has 0 atom stereocenters. The molecule has 0 unspecified atom stereocenters. The number of hydrogen-bond donors (Lipinski definition) is 1. The second kappa shape index (κ2) is 10.2. The van der Waals surface area contributed by atoms with Crippen molar-refractivity contribution in [1.29, 1.82) is 0 Å². The lowest BCUT2D eigenvalue weighted by Gasteiger charge is -2.13. The Kier molecular flexibility index (Phi) is 7.94. The number of anilines is 1. The van der Waals surface area contributed by atoms with E-state index in [1.807, 2.05) is 51.1 Å². The lowest BCUT2D eigenvalue weighted by Crippen LogP contribution is -2.20. The largest absolute Gasteiger partial charge is 0.491 e. The fraction of sp³-hybridized carbons (Fsp3) is 0.350. The van der Waals surface area contributed by atoms with Gasteiger partial charge in [0.05, 0.1) is 6.61 Å². The molecular weight excluding hydrogens is 398 g/mol. The van der Waals surface area contributed by atoms with E-state index < -0.39 is 0 Å². The SMILES string of the molecule is CCOCCOc1cccc(NC(=O)COc2c(C)cc(Br)cc2C)c1. The molecule has 26 heavy (non-hydrogen) atoms. The summed E-state index contributed by atoms with van der Waals surface area (Å²) in [5.41, 5.74) is 2.63. The van der Waals surface area contributed by atoms with Gasteiger partial charge in [0.25, 0.3) is 5.91 Å². The van der Waals surface area contributed by atoms with Gasteiger partial charge in [0.15, 0.2) is 6.61 Å². The van der Waals surface area contributed by atoms with Crippen molar-refractivity contribution < 1.29 is 19.0 Å². The van der Waals surface area contributed by atoms with E-state index in [9.17, 15) is 4.79 Å². The Bertz CT molecular complexity index is 725. The van der Waals surface area contributed by atoms with E-state index in [2.05, 4.69) is 21.2 Å². The molecule has 0 saturated carbocycles. The maximum Gasteiger partial charge on any atom is 0.262 e. The monoisotopic (exact) mass is 421 g/mol. The van der Waals surface area contributed by atoms with Crippen molar-refractivity contribution in [3.8, 4) is 11.5 Å². The first kappa shape index (κ1) is 20.3. The number of carbonyl (C=O) groups is 1. The Balaban J connectivity index is 1.88. The summed E-state index contributed by atoms with van der Waals surface area (Å²) in [5.74, 6) is 1.19. The second-order valence-electron chi connectivity index (χ2n) is 5.78. The van der Waals surface area contributed by atoms with Gasteiger partial charge in [-0.2, -0.15) is 0 Å². The van der Waals surface area contributed by atoms with Crippen LogP contribution >= 0.6 is 15.9 Å². The molecule has 2 rings (SSSR count). The predicted molar refractivity (Wildman–Crippen MR) is 106 cm³/mol. The van der Waals surface area contributed by atoms with Crippen LogP contribution in [-0.4, -0.2) is 32.3 Å². The van der Waals surface area contributed by atoms with E-state index in [-0.39, 0.29) is 12.5 Å². The summed E-state index contributed by atoms with van der Waals surface area (Å²) in [6, 6.07) is 11.2. The molecule has 0 saturated heterocycles. The van der Waals surface area contributed by atoms with Crippen LogP contribution in [0.2, 0.25) is 0 Å². The highest BCUT2D eigenvalue weighted by molar-refractivity contribution is 9.10. The first-order valence-corrected chi connectivity index (χ1v) is 9.29. The van der Waals surface area contributed by atoms with E-state index in [0.29, 0.717) is 31.3 Å². The van der Waals surface area contributed by atoms with Crippen LogP contribution in [0, 0.1) is 13.8 Å². The molecule has 0 aromatic heterocycles. The maximum absolute atomic E-state index is 12.2. The van der Waals surface area contributed by atoms with Gasteiger partial charge in [-0.1, -0.05) is 22.0 Å². The van der Waals surface area contributed by atoms with E-state index in [1.165, 1.54) is 0 Å². The highest BCUT2D eigenvalue weighted by atomic mass is 79.9. The topological polar surface area (TPSA) is 56.8 Å². The summed E-state index contributed by atoms with van der Waals surface area (Å²) >= 11 is 3.45. The molecule has 0 aliphatic carbocycles. The van der Waals surface area contributed by atoms with Crippen molar-refractivity contribution in [3.63, 3.8) is 0 Å². The van der Waals surface area contributed by atoms with Crippen LogP contribution < -0.4 is 14.8 Å². The molecule has 0 spiro atoms. The van der Waals surface area contributed by atoms with Crippen LogP contribution in [0.3, 0.4) is 0 Å². The second-order valence-corrected chi connectivity index (χ2v) is 6.69. The van der Waals surface area contributed by atoms with Crippen LogP contribution in [0.4, 0.5) is 5.69 Å². The van der Waals surface area contributed by atoms with Gasteiger partial charge in [-0.15, -0.1) is 0 Å². The third kappa shape index (κ3) is 6.35. The summed E-state index contributed by atoms with van der Waals surface area (Å²) < 4.78 is 17.5. The minimum Gasteiger partial charge on any atom is -0.491 e. The van der Waals surface area contributed by atoms with Crippen molar-refractivity contribution in [2.24, 2.45) is 0 Å². The van der Waals surface area contributed by atoms with E-state index in [0.717, 1.165) is 21.3 Å². The molecule has 0 aliphatic rings. The third-order valence-electron chi connectivity index (χ3n) is 3.59. The van der Waals surface area contributed by atoms with Crippen molar-refractivity contribution in [2.75, 3.05) is 31.7 Å². The maximum atomic E-state index is 12.2. The van der Waals surface area contributed by atoms with Crippen molar-refractivity contribution >= 4 is 27.5 Å². The fourth-order valence-electron chi connectivity index (χ4n) is 2.49. The van der Waals surface area contributed by atoms with Crippen molar-refractivity contribution in [3.05, 3.63) is 52.0 Å². The number of ether oxygens (including phenoxy) is 3. The molecule has 1 N–H and O–H groups in total. The number of rotatable bonds is 9. The smallest absolute Gasteiger partial charge is 0.262 e. The number of hydrogen-bond acceptors (Lipinski definition) is 4. The van der Waals surface area contributed by atoms with E-state index in [1.54, 1.807) is 6.07 Å². The van der Waals surface area contributed by atoms with E-state index >= 15 is 0 Å². The Morgan fingerprint density at radius 3 is 2.50 bits per heavy atom. The molecule has 6 heteroatoms. The highest BCUT2D eigenvalue weighted by Crippen LogP contribution is 2.27. The minimum atomic E-state index is -0.224. The molecular formula is C20H24BrNO4. The third-order valence-corrected chi connectivity index (χ3v) is 4.05. The number of carbonyl (C=O) groups excluding carboxylic acids is 1. The van der Waals surface area contributed by atoms with Crippen LogP contribution in [0.15, 0.2) is 40.9 Å². The lowest BCUT2D eigenvalue weighted by molar-refractivity contribution is -0.118. The first-order chi connectivity index (χ1) is 12.5. The zero-order valence-electron chi connectivity index (χ0n) is 15.3. The van der Waals surface area contributed by atoms with Gasteiger partial charge < -0.3 is 19.5 Å². The summed E-state index contributed by atoms with van der Waals surface area (Å²) in [6.45, 7) is 7.45. The van der Waals surface area contributed by atoms with Gasteiger partial charge in [0.2, 0.25) is 0 Å². The average Bonchev–Trinajstić information content (AvgIpc) is 2.58. The standard InChI is InChI=1S/C20H24BrNO4/c1-4-24-8-9-25-18-7-5-6-17(12-18)22-19(23)13-26-20-14(2)10-16(21)11-15(20)3/h5-7,10-12H,4,8-9,13H2,1-3H3,(H,22,23). The molecule has 0 bridgehead atoms. The quantitative estimate of drug-likeness (QED) is 0.605. The summed E-state index contributed by atoms with van der Waals surface area (Å²) in [5, 5.41) is 2.82. The van der Waals surface area contributed by atoms with Gasteiger partial charge in [-0.25, -0.2) is 0 Å². The Hall–Kier alpha value is -2.05. The lowest BCUT2D eigenvalue weighted by atomic mass is 10.1. The Morgan fingerprint density at radius 1 is 1.08 bits per heavy atom. The molecule has 2 aromatic rings. The van der Waals surface area contributed by atoms with Crippen LogP contribution in [0.25, 0.3) is 0 Å². The Labute approximate surface area is 162 Å². The van der Waals surface area contributed by atoms with Gasteiger partial charge >= 0.3 is 0 Å². The number of halogens is 1. The Morgan fingerprint density at radius 2 is 1.81 bits per heavy atom. The van der Waals surface area contributed by atoms with Gasteiger partial charge in [0.1, 0.15) is 18.1 Å².